The molecule has 0 aromatic carbocycles. The second kappa shape index (κ2) is 17.9. The number of allylic oxidation sites excluding steroid dienone is 5. The van der Waals surface area contributed by atoms with Gasteiger partial charge in [0.1, 0.15) is 0 Å². The first-order chi connectivity index (χ1) is 13.0. The Morgan fingerprint density at radius 1 is 0.778 bits per heavy atom. The summed E-state index contributed by atoms with van der Waals surface area (Å²) in [5, 5.41) is 17.1. The van der Waals surface area contributed by atoms with Crippen LogP contribution in [0.2, 0.25) is 0 Å². The molecule has 0 bridgehead atoms. The zero-order valence-electron chi connectivity index (χ0n) is 17.2. The molecule has 0 unspecified atom stereocenters. The highest BCUT2D eigenvalue weighted by molar-refractivity contribution is 7.41. The summed E-state index contributed by atoms with van der Waals surface area (Å²) >= 11 is 0. The van der Waals surface area contributed by atoms with Crippen LogP contribution in [-0.2, 0) is 13.6 Å². The van der Waals surface area contributed by atoms with Gasteiger partial charge in [0.15, 0.2) is 0 Å². The number of hydrogen-bond donors (Lipinski definition) is 0. The van der Waals surface area contributed by atoms with Gasteiger partial charge in [-0.3, -0.25) is 0 Å². The summed E-state index contributed by atoms with van der Waals surface area (Å²) < 4.78 is 16.5. The Hall–Kier alpha value is -1.49. The molecule has 0 aliphatic heterocycles. The van der Waals surface area contributed by atoms with Crippen LogP contribution in [0.5, 0.6) is 0 Å². The van der Waals surface area contributed by atoms with Gasteiger partial charge in [-0.05, 0) is 53.4 Å². The highest BCUT2D eigenvalue weighted by atomic mass is 31.2. The van der Waals surface area contributed by atoms with E-state index in [1.807, 2.05) is 18.2 Å². The normalized spacial score (nSPS) is 12.0. The van der Waals surface area contributed by atoms with Crippen molar-refractivity contribution in [3.8, 4) is 12.1 Å². The maximum Gasteiger partial charge on any atom is 0.333 e. The van der Waals surface area contributed by atoms with Crippen molar-refractivity contribution in [1.82, 2.24) is 0 Å². The van der Waals surface area contributed by atoms with Crippen molar-refractivity contribution in [3.05, 3.63) is 34.9 Å². The molecule has 0 amide bonds. The van der Waals surface area contributed by atoms with Gasteiger partial charge in [-0.2, -0.15) is 10.5 Å². The van der Waals surface area contributed by atoms with Crippen LogP contribution >= 0.6 is 8.60 Å². The van der Waals surface area contributed by atoms with E-state index in [9.17, 15) is 0 Å². The lowest BCUT2D eigenvalue weighted by Crippen LogP contribution is -1.99. The molecule has 6 heteroatoms. The van der Waals surface area contributed by atoms with Crippen molar-refractivity contribution in [2.75, 3.05) is 19.8 Å². The molecular weight excluding hydrogens is 359 g/mol. The molecule has 27 heavy (non-hydrogen) atoms. The van der Waals surface area contributed by atoms with E-state index in [2.05, 4.69) is 39.8 Å². The van der Waals surface area contributed by atoms with Gasteiger partial charge >= 0.3 is 8.60 Å². The number of nitriles is 2. The molecule has 150 valence electrons. The molecule has 0 fully saturated rings. The minimum absolute atomic E-state index is 0.272. The molecule has 0 aliphatic rings. The van der Waals surface area contributed by atoms with E-state index in [1.54, 1.807) is 0 Å². The lowest BCUT2D eigenvalue weighted by Gasteiger charge is -2.14. The van der Waals surface area contributed by atoms with Gasteiger partial charge in [0, 0.05) is 0 Å². The number of rotatable bonds is 15. The lowest BCUT2D eigenvalue weighted by molar-refractivity contribution is 0.175. The molecule has 0 saturated heterocycles. The lowest BCUT2D eigenvalue weighted by atomic mass is 10.1. The summed E-state index contributed by atoms with van der Waals surface area (Å²) in [5.41, 5.74) is 4.05. The van der Waals surface area contributed by atoms with Gasteiger partial charge in [-0.1, -0.05) is 34.9 Å². The van der Waals surface area contributed by atoms with Crippen LogP contribution in [0.25, 0.3) is 0 Å². The predicted molar refractivity (Wildman–Crippen MR) is 111 cm³/mol. The highest BCUT2D eigenvalue weighted by Gasteiger charge is 2.11. The zero-order chi connectivity index (χ0) is 20.3. The average Bonchev–Trinajstić information content (AvgIpc) is 2.61. The molecule has 0 radical (unpaired) electrons. The smallest absolute Gasteiger partial charge is 0.311 e. The first kappa shape index (κ1) is 25.5. The van der Waals surface area contributed by atoms with E-state index in [4.69, 9.17) is 24.1 Å². The minimum atomic E-state index is -1.51. The van der Waals surface area contributed by atoms with Crippen molar-refractivity contribution in [1.29, 1.82) is 10.5 Å². The molecule has 5 nitrogen and oxygen atoms in total. The fourth-order valence-electron chi connectivity index (χ4n) is 2.02. The second-order valence-corrected chi connectivity index (χ2v) is 7.68. The Kier molecular flexibility index (Phi) is 16.9. The third-order valence-corrected chi connectivity index (χ3v) is 4.70. The topological polar surface area (TPSA) is 75.3 Å². The van der Waals surface area contributed by atoms with E-state index in [0.717, 1.165) is 25.7 Å². The van der Waals surface area contributed by atoms with Gasteiger partial charge in [-0.25, -0.2) is 0 Å². The summed E-state index contributed by atoms with van der Waals surface area (Å²) in [6.45, 7) is 9.48. The Bertz CT molecular complexity index is 547. The summed E-state index contributed by atoms with van der Waals surface area (Å²) in [6, 6.07) is 4.03. The molecule has 0 rings (SSSR count). The zero-order valence-corrected chi connectivity index (χ0v) is 18.1. The van der Waals surface area contributed by atoms with Crippen LogP contribution in [0.1, 0.15) is 66.2 Å². The maximum absolute atomic E-state index is 8.57. The Morgan fingerprint density at radius 2 is 1.30 bits per heavy atom. The van der Waals surface area contributed by atoms with Gasteiger partial charge < -0.3 is 13.6 Å². The largest absolute Gasteiger partial charge is 0.333 e. The molecule has 0 N–H and O–H groups in total. The SMILES string of the molecule is CC(C)=CCC/C(C)=C\CC/C(C)=C\COP(OCCC#N)OCCC#N. The molecule has 0 aromatic rings. The molecule has 0 atom stereocenters. The minimum Gasteiger partial charge on any atom is -0.311 e. The first-order valence-electron chi connectivity index (χ1n) is 9.37. The average molecular weight is 392 g/mol. The molecule has 0 saturated carbocycles. The number of nitrogens with zero attached hydrogens (tertiary/aromatic N) is 2. The molecule has 0 spiro atoms. The van der Waals surface area contributed by atoms with Crippen molar-refractivity contribution in [3.63, 3.8) is 0 Å². The second-order valence-electron chi connectivity index (χ2n) is 6.46. The Balaban J connectivity index is 4.18. The van der Waals surface area contributed by atoms with Crippen LogP contribution in [0.4, 0.5) is 0 Å². The van der Waals surface area contributed by atoms with E-state index in [1.165, 1.54) is 16.7 Å². The van der Waals surface area contributed by atoms with Crippen LogP contribution in [0.3, 0.4) is 0 Å². The van der Waals surface area contributed by atoms with Crippen molar-refractivity contribution >= 4 is 8.60 Å². The highest BCUT2D eigenvalue weighted by Crippen LogP contribution is 2.39. The van der Waals surface area contributed by atoms with Crippen LogP contribution < -0.4 is 0 Å². The van der Waals surface area contributed by atoms with Crippen molar-refractivity contribution < 1.29 is 13.6 Å². The van der Waals surface area contributed by atoms with Crippen molar-refractivity contribution in [2.45, 2.75) is 66.2 Å². The monoisotopic (exact) mass is 392 g/mol. The predicted octanol–water partition coefficient (Wildman–Crippen LogP) is 6.51. The van der Waals surface area contributed by atoms with Crippen molar-refractivity contribution in [2.24, 2.45) is 0 Å². The van der Waals surface area contributed by atoms with E-state index in [-0.39, 0.29) is 26.1 Å². The van der Waals surface area contributed by atoms with Crippen LogP contribution in [0, 0.1) is 22.7 Å². The van der Waals surface area contributed by atoms with E-state index >= 15 is 0 Å². The number of hydrogen-bond acceptors (Lipinski definition) is 5. The third kappa shape index (κ3) is 17.7. The summed E-state index contributed by atoms with van der Waals surface area (Å²) in [5.74, 6) is 0. The maximum atomic E-state index is 8.57. The standard InChI is InChI=1S/C21H33N2O3P/c1-19(2)9-5-10-20(3)11-6-12-21(4)13-18-26-27(24-16-7-14-22)25-17-8-15-23/h9,11,13H,5-8,10,12,16-18H2,1-4H3/b20-11-,21-13-. The van der Waals surface area contributed by atoms with Crippen LogP contribution in [-0.4, -0.2) is 19.8 Å². The van der Waals surface area contributed by atoms with E-state index in [0.29, 0.717) is 6.61 Å². The fraction of sp³-hybridized carbons (Fsp3) is 0.619. The quantitative estimate of drug-likeness (QED) is 0.180. The van der Waals surface area contributed by atoms with Crippen LogP contribution in [0.15, 0.2) is 34.9 Å². The Morgan fingerprint density at radius 3 is 1.81 bits per heavy atom. The summed E-state index contributed by atoms with van der Waals surface area (Å²) in [4.78, 5) is 0. The molecular formula is C21H33N2O3P. The van der Waals surface area contributed by atoms with Gasteiger partial charge in [0.25, 0.3) is 0 Å². The molecule has 0 aromatic heterocycles. The Labute approximate surface area is 166 Å². The molecule has 0 heterocycles. The van der Waals surface area contributed by atoms with Gasteiger partial charge in [0.05, 0.1) is 44.8 Å². The van der Waals surface area contributed by atoms with E-state index < -0.39 is 8.60 Å². The molecule has 0 aliphatic carbocycles. The fourth-order valence-corrected chi connectivity index (χ4v) is 2.92. The summed E-state index contributed by atoms with van der Waals surface area (Å²) in [7, 11) is -1.51. The first-order valence-corrected chi connectivity index (χ1v) is 10.5. The van der Waals surface area contributed by atoms with Gasteiger partial charge in [-0.15, -0.1) is 0 Å². The third-order valence-electron chi connectivity index (χ3n) is 3.56. The summed E-state index contributed by atoms with van der Waals surface area (Å²) in [6.07, 6.45) is 11.4. The van der Waals surface area contributed by atoms with Gasteiger partial charge in [0.2, 0.25) is 0 Å².